The Kier molecular flexibility index (Phi) is 5.60. The maximum absolute atomic E-state index is 14.3. The molecular weight excluding hydrogens is 422 g/mol. The number of aromatic nitrogens is 3. The van der Waals surface area contributed by atoms with E-state index in [1.54, 1.807) is 18.6 Å². The van der Waals surface area contributed by atoms with Crippen LogP contribution in [0.25, 0.3) is 22.3 Å². The van der Waals surface area contributed by atoms with E-state index in [0.717, 1.165) is 36.3 Å². The number of halogens is 2. The Bertz CT molecular complexity index is 1280. The Morgan fingerprint density at radius 1 is 1.00 bits per heavy atom. The van der Waals surface area contributed by atoms with Crippen LogP contribution in [0.3, 0.4) is 0 Å². The van der Waals surface area contributed by atoms with Gasteiger partial charge >= 0.3 is 0 Å². The largest absolute Gasteiger partial charge is 0.368 e. The molecule has 4 aromatic rings. The first kappa shape index (κ1) is 21.2. The molecule has 1 aliphatic heterocycles. The van der Waals surface area contributed by atoms with Gasteiger partial charge in [-0.3, -0.25) is 4.98 Å². The van der Waals surface area contributed by atoms with Crippen LogP contribution in [0, 0.1) is 17.6 Å². The number of hydrogen-bond acceptors (Lipinski definition) is 6. The number of piperidine rings is 1. The summed E-state index contributed by atoms with van der Waals surface area (Å²) in [4.78, 5) is 15.3. The number of fused-ring (bicyclic) bond motifs is 1. The summed E-state index contributed by atoms with van der Waals surface area (Å²) >= 11 is 0. The smallest absolute Gasteiger partial charge is 0.165 e. The van der Waals surface area contributed by atoms with Crippen molar-refractivity contribution in [2.24, 2.45) is 11.7 Å². The quantitative estimate of drug-likeness (QED) is 0.465. The van der Waals surface area contributed by atoms with E-state index in [9.17, 15) is 8.78 Å². The van der Waals surface area contributed by atoms with Crippen molar-refractivity contribution in [3.05, 3.63) is 72.7 Å². The van der Waals surface area contributed by atoms with Crippen LogP contribution < -0.4 is 16.0 Å². The molecule has 0 amide bonds. The van der Waals surface area contributed by atoms with Gasteiger partial charge in [0.05, 0.1) is 34.3 Å². The van der Waals surface area contributed by atoms with Gasteiger partial charge in [-0.05, 0) is 36.6 Å². The topological polar surface area (TPSA) is 80.0 Å². The van der Waals surface area contributed by atoms with Crippen molar-refractivity contribution in [1.29, 1.82) is 0 Å². The number of para-hydroxylation sites is 1. The van der Waals surface area contributed by atoms with Crippen LogP contribution in [0.5, 0.6) is 0 Å². The van der Waals surface area contributed by atoms with Crippen molar-refractivity contribution in [3.63, 3.8) is 0 Å². The Hall–Kier alpha value is -3.65. The summed E-state index contributed by atoms with van der Waals surface area (Å²) in [7, 11) is 0. The minimum absolute atomic E-state index is 0.00501. The Morgan fingerprint density at radius 3 is 2.58 bits per heavy atom. The highest BCUT2D eigenvalue weighted by atomic mass is 19.1. The van der Waals surface area contributed by atoms with Gasteiger partial charge in [-0.1, -0.05) is 25.1 Å². The van der Waals surface area contributed by atoms with Crippen LogP contribution >= 0.6 is 0 Å². The van der Waals surface area contributed by atoms with Gasteiger partial charge < -0.3 is 16.0 Å². The van der Waals surface area contributed by atoms with E-state index in [4.69, 9.17) is 5.73 Å². The van der Waals surface area contributed by atoms with E-state index in [1.807, 2.05) is 24.3 Å². The number of rotatable bonds is 4. The molecule has 3 N–H and O–H groups in total. The zero-order valence-electron chi connectivity index (χ0n) is 18.2. The summed E-state index contributed by atoms with van der Waals surface area (Å²) in [6, 6.07) is 11.4. The summed E-state index contributed by atoms with van der Waals surface area (Å²) < 4.78 is 28.7. The third-order valence-corrected chi connectivity index (χ3v) is 5.90. The van der Waals surface area contributed by atoms with E-state index in [2.05, 4.69) is 32.1 Å². The van der Waals surface area contributed by atoms with E-state index in [1.165, 1.54) is 18.2 Å². The second-order valence-electron chi connectivity index (χ2n) is 8.56. The van der Waals surface area contributed by atoms with Crippen molar-refractivity contribution in [3.8, 4) is 11.4 Å². The molecule has 2 aromatic heterocycles. The lowest BCUT2D eigenvalue weighted by Gasteiger charge is -2.37. The molecule has 168 valence electrons. The molecule has 3 heterocycles. The van der Waals surface area contributed by atoms with Gasteiger partial charge in [0.15, 0.2) is 5.82 Å². The zero-order chi connectivity index (χ0) is 22.9. The van der Waals surface area contributed by atoms with E-state index in [0.29, 0.717) is 17.1 Å². The first-order valence-corrected chi connectivity index (χ1v) is 10.9. The maximum atomic E-state index is 14.3. The average molecular weight is 447 g/mol. The standard InChI is InChI=1S/C25H24F2N6/c1-15-10-17(28)14-33(13-15)22-8-9-29-12-21(22)31-20-7-2-4-16-11-30-25(32-24(16)20)23-18(26)5-3-6-19(23)27/h2-9,11-12,15,17,31H,10,13-14,28H2,1H3/t15-,17+/m0/s1. The Balaban J connectivity index is 1.56. The van der Waals surface area contributed by atoms with Crippen LogP contribution in [0.2, 0.25) is 0 Å². The Morgan fingerprint density at radius 2 is 1.79 bits per heavy atom. The summed E-state index contributed by atoms with van der Waals surface area (Å²) in [5.74, 6) is -0.928. The second kappa shape index (κ2) is 8.71. The fourth-order valence-corrected chi connectivity index (χ4v) is 4.49. The van der Waals surface area contributed by atoms with E-state index < -0.39 is 11.6 Å². The minimum atomic E-state index is -0.704. The third kappa shape index (κ3) is 4.21. The number of pyridine rings is 1. The minimum Gasteiger partial charge on any atom is -0.368 e. The lowest BCUT2D eigenvalue weighted by Crippen LogP contribution is -2.46. The number of hydrogen-bond donors (Lipinski definition) is 2. The predicted molar refractivity (Wildman–Crippen MR) is 126 cm³/mol. The molecule has 2 atom stereocenters. The number of nitrogens with zero attached hydrogens (tertiary/aromatic N) is 4. The Labute approximate surface area is 190 Å². The molecule has 0 spiro atoms. The first-order valence-electron chi connectivity index (χ1n) is 10.9. The molecule has 0 unspecified atom stereocenters. The zero-order valence-corrected chi connectivity index (χ0v) is 18.2. The van der Waals surface area contributed by atoms with Gasteiger partial charge in [-0.2, -0.15) is 0 Å². The molecule has 1 aliphatic rings. The van der Waals surface area contributed by atoms with Gasteiger partial charge in [-0.15, -0.1) is 0 Å². The summed E-state index contributed by atoms with van der Waals surface area (Å²) in [6.45, 7) is 3.86. The molecule has 0 radical (unpaired) electrons. The fraction of sp³-hybridized carbons (Fsp3) is 0.240. The van der Waals surface area contributed by atoms with Crippen LogP contribution in [-0.4, -0.2) is 34.1 Å². The average Bonchev–Trinajstić information content (AvgIpc) is 2.79. The molecule has 5 rings (SSSR count). The van der Waals surface area contributed by atoms with Crippen molar-refractivity contribution in [2.75, 3.05) is 23.3 Å². The maximum Gasteiger partial charge on any atom is 0.165 e. The van der Waals surface area contributed by atoms with E-state index >= 15 is 0 Å². The molecule has 2 aromatic carbocycles. The molecule has 1 saturated heterocycles. The molecule has 8 heteroatoms. The lowest BCUT2D eigenvalue weighted by molar-refractivity contribution is 0.402. The van der Waals surface area contributed by atoms with Crippen molar-refractivity contribution < 1.29 is 8.78 Å². The molecular formula is C25H24F2N6. The second-order valence-corrected chi connectivity index (χ2v) is 8.56. The molecule has 0 saturated carbocycles. The molecule has 1 fully saturated rings. The molecule has 0 aliphatic carbocycles. The van der Waals surface area contributed by atoms with Crippen LogP contribution in [0.1, 0.15) is 13.3 Å². The van der Waals surface area contributed by atoms with E-state index in [-0.39, 0.29) is 17.4 Å². The van der Waals surface area contributed by atoms with Gasteiger partial charge in [0.25, 0.3) is 0 Å². The number of anilines is 3. The van der Waals surface area contributed by atoms with Crippen LogP contribution in [0.4, 0.5) is 25.8 Å². The van der Waals surface area contributed by atoms with Crippen molar-refractivity contribution in [2.45, 2.75) is 19.4 Å². The third-order valence-electron chi connectivity index (χ3n) is 5.90. The first-order chi connectivity index (χ1) is 16.0. The highest BCUT2D eigenvalue weighted by Crippen LogP contribution is 2.34. The van der Waals surface area contributed by atoms with Crippen LogP contribution in [0.15, 0.2) is 61.1 Å². The molecule has 33 heavy (non-hydrogen) atoms. The summed E-state index contributed by atoms with van der Waals surface area (Å²) in [6.07, 6.45) is 6.09. The van der Waals surface area contributed by atoms with Gasteiger partial charge in [0.2, 0.25) is 0 Å². The predicted octanol–water partition coefficient (Wildman–Crippen LogP) is 4.89. The summed E-state index contributed by atoms with van der Waals surface area (Å²) in [5.41, 5.74) is 9.08. The van der Waals surface area contributed by atoms with Gasteiger partial charge in [0, 0.05) is 36.9 Å². The monoisotopic (exact) mass is 446 g/mol. The normalized spacial score (nSPS) is 18.5. The highest BCUT2D eigenvalue weighted by molar-refractivity contribution is 5.93. The van der Waals surface area contributed by atoms with Crippen molar-refractivity contribution in [1.82, 2.24) is 15.0 Å². The SMILES string of the molecule is C[C@H]1C[C@@H](N)CN(c2ccncc2Nc2cccc3cnc(-c4c(F)cccc4F)nc23)C1. The highest BCUT2D eigenvalue weighted by Gasteiger charge is 2.24. The van der Waals surface area contributed by atoms with Gasteiger partial charge in [0.1, 0.15) is 11.6 Å². The molecule has 0 bridgehead atoms. The summed E-state index contributed by atoms with van der Waals surface area (Å²) in [5, 5.41) is 4.18. The number of nitrogens with two attached hydrogens (primary N) is 1. The van der Waals surface area contributed by atoms with Crippen molar-refractivity contribution >= 4 is 28.0 Å². The van der Waals surface area contributed by atoms with Gasteiger partial charge in [-0.25, -0.2) is 18.7 Å². The number of nitrogens with one attached hydrogen (secondary N) is 1. The van der Waals surface area contributed by atoms with Crippen LogP contribution in [-0.2, 0) is 0 Å². The molecule has 6 nitrogen and oxygen atoms in total. The fourth-order valence-electron chi connectivity index (χ4n) is 4.49. The lowest BCUT2D eigenvalue weighted by atomic mass is 9.96. The number of benzene rings is 2.